The molecule has 1 aromatic rings. The van der Waals surface area contributed by atoms with Crippen LogP contribution in [0.3, 0.4) is 0 Å². The molecule has 0 radical (unpaired) electrons. The van der Waals surface area contributed by atoms with E-state index in [4.69, 9.17) is 15.7 Å². The van der Waals surface area contributed by atoms with E-state index in [1.54, 1.807) is 18.2 Å². The van der Waals surface area contributed by atoms with Crippen LogP contribution in [0.15, 0.2) is 18.2 Å². The smallest absolute Gasteiger partial charge is 0.338 e. The maximum Gasteiger partial charge on any atom is 0.338 e. The summed E-state index contributed by atoms with van der Waals surface area (Å²) in [5, 5.41) is 8.89. The lowest BCUT2D eigenvalue weighted by atomic mass is 9.89. The number of aryl methyl sites for hydroxylation is 1. The number of rotatable bonds is 6. The quantitative estimate of drug-likeness (QED) is 0.489. The van der Waals surface area contributed by atoms with E-state index in [1.807, 2.05) is 20.8 Å². The van der Waals surface area contributed by atoms with E-state index in [0.29, 0.717) is 17.9 Å². The van der Waals surface area contributed by atoms with Gasteiger partial charge in [0.1, 0.15) is 0 Å². The van der Waals surface area contributed by atoms with Crippen molar-refractivity contribution < 1.29 is 9.53 Å². The lowest BCUT2D eigenvalue weighted by Gasteiger charge is -2.14. The van der Waals surface area contributed by atoms with Gasteiger partial charge in [-0.2, -0.15) is 5.26 Å². The van der Waals surface area contributed by atoms with Gasteiger partial charge in [0.2, 0.25) is 0 Å². The van der Waals surface area contributed by atoms with Gasteiger partial charge in [-0.15, -0.1) is 0 Å². The summed E-state index contributed by atoms with van der Waals surface area (Å²) in [6, 6.07) is 7.37. The number of nitriles is 1. The molecule has 108 valence electrons. The maximum absolute atomic E-state index is 11.8. The Labute approximate surface area is 120 Å². The molecule has 0 amide bonds. The largest absolute Gasteiger partial charge is 0.462 e. The number of carbonyl (C=O) groups excluding carboxylic acids is 1. The zero-order valence-corrected chi connectivity index (χ0v) is 12.4. The number of hydrogen-bond acceptors (Lipinski definition) is 4. The first-order valence-corrected chi connectivity index (χ1v) is 6.80. The second-order valence-electron chi connectivity index (χ2n) is 5.66. The summed E-state index contributed by atoms with van der Waals surface area (Å²) in [5.41, 5.74) is 7.46. The fourth-order valence-corrected chi connectivity index (χ4v) is 1.78. The molecule has 0 aromatic heterocycles. The fraction of sp³-hybridized carbons (Fsp3) is 0.500. The van der Waals surface area contributed by atoms with Gasteiger partial charge < -0.3 is 10.5 Å². The first kappa shape index (κ1) is 16.0. The van der Waals surface area contributed by atoms with Crippen LogP contribution in [0.2, 0.25) is 0 Å². The average Bonchev–Trinajstić information content (AvgIpc) is 2.41. The van der Waals surface area contributed by atoms with Crippen molar-refractivity contribution in [3.05, 3.63) is 29.3 Å². The Bertz CT molecular complexity index is 516. The van der Waals surface area contributed by atoms with Crippen LogP contribution in [0.5, 0.6) is 0 Å². The molecule has 0 fully saturated rings. The third kappa shape index (κ3) is 4.93. The number of nitrogens with zero attached hydrogens (tertiary/aromatic N) is 1. The first-order chi connectivity index (χ1) is 9.35. The SMILES string of the molecule is Cc1cc(C(=O)OCCCCC(C)(C)C#N)ccc1N. The van der Waals surface area contributed by atoms with Crippen LogP contribution >= 0.6 is 0 Å². The molecule has 0 heterocycles. The number of unbranched alkanes of at least 4 members (excludes halogenated alkanes) is 1. The maximum atomic E-state index is 11.8. The third-order valence-corrected chi connectivity index (χ3v) is 3.24. The molecule has 2 N–H and O–H groups in total. The predicted molar refractivity (Wildman–Crippen MR) is 79.1 cm³/mol. The minimum Gasteiger partial charge on any atom is -0.462 e. The minimum atomic E-state index is -0.326. The van der Waals surface area contributed by atoms with Crippen LogP contribution < -0.4 is 5.73 Å². The topological polar surface area (TPSA) is 76.1 Å². The van der Waals surface area contributed by atoms with Gasteiger partial charge in [-0.25, -0.2) is 4.79 Å². The highest BCUT2D eigenvalue weighted by Crippen LogP contribution is 2.21. The Kier molecular flexibility index (Phi) is 5.57. The van der Waals surface area contributed by atoms with E-state index >= 15 is 0 Å². The Morgan fingerprint density at radius 2 is 2.10 bits per heavy atom. The molecule has 4 heteroatoms. The summed E-state index contributed by atoms with van der Waals surface area (Å²) in [6.45, 7) is 6.06. The zero-order valence-electron chi connectivity index (χ0n) is 12.4. The van der Waals surface area contributed by atoms with Crippen molar-refractivity contribution in [3.63, 3.8) is 0 Å². The molecule has 1 aromatic carbocycles. The molecule has 0 aliphatic carbocycles. The summed E-state index contributed by atoms with van der Waals surface area (Å²) in [6.07, 6.45) is 2.45. The van der Waals surface area contributed by atoms with E-state index in [0.717, 1.165) is 24.8 Å². The van der Waals surface area contributed by atoms with Crippen LogP contribution in [0.4, 0.5) is 5.69 Å². The van der Waals surface area contributed by atoms with Crippen LogP contribution in [-0.2, 0) is 4.74 Å². The zero-order chi connectivity index (χ0) is 15.2. The van der Waals surface area contributed by atoms with Crippen molar-refractivity contribution in [3.8, 4) is 6.07 Å². The van der Waals surface area contributed by atoms with Gasteiger partial charge in [0.25, 0.3) is 0 Å². The van der Waals surface area contributed by atoms with Crippen LogP contribution in [0.25, 0.3) is 0 Å². The Hall–Kier alpha value is -2.02. The third-order valence-electron chi connectivity index (χ3n) is 3.24. The van der Waals surface area contributed by atoms with Crippen molar-refractivity contribution in [2.75, 3.05) is 12.3 Å². The van der Waals surface area contributed by atoms with Gasteiger partial charge in [-0.05, 0) is 63.8 Å². The number of hydrogen-bond donors (Lipinski definition) is 1. The molecule has 4 nitrogen and oxygen atoms in total. The van der Waals surface area contributed by atoms with Gasteiger partial charge in [0.15, 0.2) is 0 Å². The monoisotopic (exact) mass is 274 g/mol. The van der Waals surface area contributed by atoms with Gasteiger partial charge in [-0.3, -0.25) is 0 Å². The molecule has 0 atom stereocenters. The van der Waals surface area contributed by atoms with Gasteiger partial charge in [0.05, 0.1) is 23.7 Å². The number of anilines is 1. The molecular weight excluding hydrogens is 252 g/mol. The number of ether oxygens (including phenoxy) is 1. The summed E-state index contributed by atoms with van der Waals surface area (Å²) in [4.78, 5) is 11.8. The molecule has 0 unspecified atom stereocenters. The van der Waals surface area contributed by atoms with Crippen molar-refractivity contribution in [1.82, 2.24) is 0 Å². The molecular formula is C16H22N2O2. The van der Waals surface area contributed by atoms with Gasteiger partial charge in [0, 0.05) is 5.69 Å². The number of carbonyl (C=O) groups is 1. The number of nitrogen functional groups attached to an aromatic ring is 1. The summed E-state index contributed by atoms with van der Waals surface area (Å²) < 4.78 is 5.21. The number of nitrogens with two attached hydrogens (primary N) is 1. The van der Waals surface area contributed by atoms with Crippen molar-refractivity contribution in [1.29, 1.82) is 5.26 Å². The predicted octanol–water partition coefficient (Wildman–Crippen LogP) is 3.45. The highest BCUT2D eigenvalue weighted by atomic mass is 16.5. The van der Waals surface area contributed by atoms with Gasteiger partial charge >= 0.3 is 5.97 Å². The van der Waals surface area contributed by atoms with Crippen LogP contribution in [-0.4, -0.2) is 12.6 Å². The van der Waals surface area contributed by atoms with Crippen LogP contribution in [0, 0.1) is 23.7 Å². The fourth-order valence-electron chi connectivity index (χ4n) is 1.78. The molecule has 0 aliphatic rings. The molecule has 0 spiro atoms. The molecule has 0 saturated heterocycles. The van der Waals surface area contributed by atoms with Crippen LogP contribution in [0.1, 0.15) is 49.0 Å². The second-order valence-corrected chi connectivity index (χ2v) is 5.66. The average molecular weight is 274 g/mol. The van der Waals surface area contributed by atoms with Crippen molar-refractivity contribution in [2.24, 2.45) is 5.41 Å². The minimum absolute atomic E-state index is 0.307. The van der Waals surface area contributed by atoms with E-state index in [-0.39, 0.29) is 11.4 Å². The molecule has 0 aliphatic heterocycles. The molecule has 20 heavy (non-hydrogen) atoms. The Balaban J connectivity index is 2.34. The first-order valence-electron chi connectivity index (χ1n) is 6.80. The Morgan fingerprint density at radius 3 is 2.70 bits per heavy atom. The summed E-state index contributed by atoms with van der Waals surface area (Å²) >= 11 is 0. The highest BCUT2D eigenvalue weighted by Gasteiger charge is 2.15. The lowest BCUT2D eigenvalue weighted by molar-refractivity contribution is 0.0496. The number of esters is 1. The lowest BCUT2D eigenvalue weighted by Crippen LogP contribution is -2.10. The molecule has 0 bridgehead atoms. The standard InChI is InChI=1S/C16H22N2O2/c1-12-10-13(6-7-14(12)18)15(19)20-9-5-4-8-16(2,3)11-17/h6-7,10H,4-5,8-9,18H2,1-3H3. The number of benzene rings is 1. The Morgan fingerprint density at radius 1 is 1.40 bits per heavy atom. The molecule has 1 rings (SSSR count). The highest BCUT2D eigenvalue weighted by molar-refractivity contribution is 5.90. The van der Waals surface area contributed by atoms with Crippen molar-refractivity contribution in [2.45, 2.75) is 40.0 Å². The van der Waals surface area contributed by atoms with E-state index in [2.05, 4.69) is 6.07 Å². The van der Waals surface area contributed by atoms with E-state index in [1.165, 1.54) is 0 Å². The summed E-state index contributed by atoms with van der Waals surface area (Å²) in [5.74, 6) is -0.326. The van der Waals surface area contributed by atoms with Gasteiger partial charge in [-0.1, -0.05) is 0 Å². The molecule has 0 saturated carbocycles. The van der Waals surface area contributed by atoms with E-state index in [9.17, 15) is 4.79 Å². The normalized spacial score (nSPS) is 10.9. The van der Waals surface area contributed by atoms with Crippen molar-refractivity contribution >= 4 is 11.7 Å². The van der Waals surface area contributed by atoms with E-state index < -0.39 is 0 Å². The second kappa shape index (κ2) is 6.95. The summed E-state index contributed by atoms with van der Waals surface area (Å²) in [7, 11) is 0.